The van der Waals surface area contributed by atoms with Crippen LogP contribution >= 0.6 is 0 Å². The molecule has 0 radical (unpaired) electrons. The Morgan fingerprint density at radius 3 is 2.17 bits per heavy atom. The molecule has 0 aliphatic rings. The number of hydrogen-bond acceptors (Lipinski definition) is 3. The number of hydrogen-bond donors (Lipinski definition) is 1. The van der Waals surface area contributed by atoms with E-state index in [-0.39, 0.29) is 11.9 Å². The highest BCUT2D eigenvalue weighted by molar-refractivity contribution is 5.94. The van der Waals surface area contributed by atoms with Crippen molar-refractivity contribution in [2.75, 3.05) is 13.2 Å². The second-order valence-electron chi connectivity index (χ2n) is 5.46. The number of nitrogens with one attached hydrogen (secondary N) is 1. The van der Waals surface area contributed by atoms with Gasteiger partial charge in [0.2, 0.25) is 0 Å². The summed E-state index contributed by atoms with van der Waals surface area (Å²) in [6.07, 6.45) is 0. The molecule has 0 spiro atoms. The molecular formula is C19H23NO3. The zero-order valence-electron chi connectivity index (χ0n) is 13.8. The van der Waals surface area contributed by atoms with E-state index in [1.807, 2.05) is 45.0 Å². The van der Waals surface area contributed by atoms with Gasteiger partial charge in [0.25, 0.3) is 5.91 Å². The first-order chi connectivity index (χ1) is 11.1. The zero-order chi connectivity index (χ0) is 16.7. The van der Waals surface area contributed by atoms with Gasteiger partial charge in [-0.3, -0.25) is 4.79 Å². The fourth-order valence-corrected chi connectivity index (χ4v) is 2.07. The third-order valence-corrected chi connectivity index (χ3v) is 3.33. The second kappa shape index (κ2) is 8.22. The van der Waals surface area contributed by atoms with Crippen LogP contribution in [0.4, 0.5) is 0 Å². The summed E-state index contributed by atoms with van der Waals surface area (Å²) in [7, 11) is 0. The average molecular weight is 313 g/mol. The van der Waals surface area contributed by atoms with Crippen LogP contribution in [0.5, 0.6) is 11.5 Å². The lowest BCUT2D eigenvalue weighted by molar-refractivity contribution is 0.0926. The van der Waals surface area contributed by atoms with Crippen LogP contribution < -0.4 is 14.8 Å². The number of carbonyl (C=O) groups excluding carboxylic acids is 1. The van der Waals surface area contributed by atoms with Gasteiger partial charge in [0.05, 0.1) is 12.6 Å². The van der Waals surface area contributed by atoms with Crippen LogP contribution in [0.2, 0.25) is 0 Å². The summed E-state index contributed by atoms with van der Waals surface area (Å²) < 4.78 is 11.0. The van der Waals surface area contributed by atoms with Gasteiger partial charge in [0.15, 0.2) is 0 Å². The van der Waals surface area contributed by atoms with E-state index < -0.39 is 0 Å². The number of carbonyl (C=O) groups is 1. The molecule has 1 N–H and O–H groups in total. The van der Waals surface area contributed by atoms with Crippen molar-refractivity contribution in [2.24, 2.45) is 0 Å². The molecule has 4 heteroatoms. The lowest BCUT2D eigenvalue weighted by atomic mass is 10.2. The number of aryl methyl sites for hydroxylation is 1. The minimum atomic E-state index is -0.118. The topological polar surface area (TPSA) is 47.6 Å². The third-order valence-electron chi connectivity index (χ3n) is 3.33. The van der Waals surface area contributed by atoms with Crippen molar-refractivity contribution in [1.29, 1.82) is 0 Å². The molecule has 2 aromatic rings. The molecule has 0 saturated carbocycles. The largest absolute Gasteiger partial charge is 0.494 e. The Bertz CT molecular complexity index is 620. The molecule has 1 amide bonds. The fraction of sp³-hybridized carbons (Fsp3) is 0.316. The monoisotopic (exact) mass is 313 g/mol. The van der Waals surface area contributed by atoms with E-state index in [2.05, 4.69) is 5.32 Å². The van der Waals surface area contributed by atoms with E-state index >= 15 is 0 Å². The fourth-order valence-electron chi connectivity index (χ4n) is 2.07. The Hall–Kier alpha value is -2.49. The normalized spacial score (nSPS) is 11.6. The highest BCUT2D eigenvalue weighted by atomic mass is 16.5. The van der Waals surface area contributed by atoms with Gasteiger partial charge >= 0.3 is 0 Å². The van der Waals surface area contributed by atoms with Crippen molar-refractivity contribution < 1.29 is 14.3 Å². The van der Waals surface area contributed by atoms with E-state index in [0.717, 1.165) is 11.5 Å². The molecule has 122 valence electrons. The summed E-state index contributed by atoms with van der Waals surface area (Å²) in [5, 5.41) is 2.92. The maximum Gasteiger partial charge on any atom is 0.251 e. The zero-order valence-corrected chi connectivity index (χ0v) is 13.8. The van der Waals surface area contributed by atoms with Crippen LogP contribution in [0.1, 0.15) is 29.8 Å². The Kier molecular flexibility index (Phi) is 6.03. The summed E-state index contributed by atoms with van der Waals surface area (Å²) in [6, 6.07) is 14.9. The van der Waals surface area contributed by atoms with Crippen molar-refractivity contribution in [3.05, 3.63) is 59.7 Å². The van der Waals surface area contributed by atoms with Crippen LogP contribution in [0.25, 0.3) is 0 Å². The van der Waals surface area contributed by atoms with E-state index in [1.54, 1.807) is 24.3 Å². The molecule has 0 aliphatic carbocycles. The summed E-state index contributed by atoms with van der Waals surface area (Å²) in [5.74, 6) is 1.45. The Labute approximate surface area is 137 Å². The van der Waals surface area contributed by atoms with Gasteiger partial charge in [-0.15, -0.1) is 0 Å². The maximum absolute atomic E-state index is 12.2. The maximum atomic E-state index is 12.2. The van der Waals surface area contributed by atoms with E-state index in [4.69, 9.17) is 9.47 Å². The quantitative estimate of drug-likeness (QED) is 0.850. The van der Waals surface area contributed by atoms with Gasteiger partial charge < -0.3 is 14.8 Å². The Morgan fingerprint density at radius 1 is 1.00 bits per heavy atom. The minimum absolute atomic E-state index is 0.0876. The van der Waals surface area contributed by atoms with Crippen LogP contribution in [0.15, 0.2) is 48.5 Å². The standard InChI is InChI=1S/C19H23NO3/c1-4-22-17-11-7-16(8-12-17)19(21)20-15(3)13-23-18-9-5-14(2)6-10-18/h5-12,15H,4,13H2,1-3H3,(H,20,21)/t15-/m1/s1. The van der Waals surface area contributed by atoms with Crippen molar-refractivity contribution in [2.45, 2.75) is 26.8 Å². The van der Waals surface area contributed by atoms with Crippen LogP contribution in [0, 0.1) is 6.92 Å². The molecule has 2 rings (SSSR count). The van der Waals surface area contributed by atoms with Gasteiger partial charge in [-0.25, -0.2) is 0 Å². The second-order valence-corrected chi connectivity index (χ2v) is 5.46. The minimum Gasteiger partial charge on any atom is -0.494 e. The Morgan fingerprint density at radius 2 is 1.57 bits per heavy atom. The van der Waals surface area contributed by atoms with Gasteiger partial charge in [-0.2, -0.15) is 0 Å². The molecule has 0 unspecified atom stereocenters. The van der Waals surface area contributed by atoms with Crippen LogP contribution in [0.3, 0.4) is 0 Å². The highest BCUT2D eigenvalue weighted by Crippen LogP contribution is 2.13. The van der Waals surface area contributed by atoms with E-state index in [0.29, 0.717) is 18.8 Å². The molecule has 0 saturated heterocycles. The van der Waals surface area contributed by atoms with Crippen molar-refractivity contribution in [3.8, 4) is 11.5 Å². The molecule has 0 aromatic heterocycles. The number of rotatable bonds is 7. The smallest absolute Gasteiger partial charge is 0.251 e. The van der Waals surface area contributed by atoms with E-state index in [1.165, 1.54) is 5.56 Å². The lowest BCUT2D eigenvalue weighted by Crippen LogP contribution is -2.36. The summed E-state index contributed by atoms with van der Waals surface area (Å²) in [4.78, 5) is 12.2. The summed E-state index contributed by atoms with van der Waals surface area (Å²) >= 11 is 0. The van der Waals surface area contributed by atoms with Crippen LogP contribution in [-0.4, -0.2) is 25.2 Å². The molecule has 0 bridgehead atoms. The van der Waals surface area contributed by atoms with E-state index in [9.17, 15) is 4.79 Å². The summed E-state index contributed by atoms with van der Waals surface area (Å²) in [6.45, 7) is 6.91. The summed E-state index contributed by atoms with van der Waals surface area (Å²) in [5.41, 5.74) is 1.80. The van der Waals surface area contributed by atoms with Crippen molar-refractivity contribution in [1.82, 2.24) is 5.32 Å². The first kappa shape index (κ1) is 16.9. The molecule has 0 fully saturated rings. The predicted molar refractivity (Wildman–Crippen MR) is 91.2 cm³/mol. The highest BCUT2D eigenvalue weighted by Gasteiger charge is 2.10. The number of ether oxygens (including phenoxy) is 2. The Balaban J connectivity index is 1.82. The molecule has 4 nitrogen and oxygen atoms in total. The van der Waals surface area contributed by atoms with Crippen LogP contribution in [-0.2, 0) is 0 Å². The lowest BCUT2D eigenvalue weighted by Gasteiger charge is -2.15. The number of benzene rings is 2. The third kappa shape index (κ3) is 5.33. The molecule has 0 heterocycles. The van der Waals surface area contributed by atoms with Gasteiger partial charge in [0, 0.05) is 5.56 Å². The van der Waals surface area contributed by atoms with Gasteiger partial charge in [0.1, 0.15) is 18.1 Å². The SMILES string of the molecule is CCOc1ccc(C(=O)N[C@H](C)COc2ccc(C)cc2)cc1. The first-order valence-corrected chi connectivity index (χ1v) is 7.81. The molecule has 0 aliphatic heterocycles. The molecule has 1 atom stereocenters. The average Bonchev–Trinajstić information content (AvgIpc) is 2.55. The van der Waals surface area contributed by atoms with Crippen molar-refractivity contribution >= 4 is 5.91 Å². The first-order valence-electron chi connectivity index (χ1n) is 7.81. The molecular weight excluding hydrogens is 290 g/mol. The number of amides is 1. The molecule has 23 heavy (non-hydrogen) atoms. The predicted octanol–water partition coefficient (Wildman–Crippen LogP) is 3.59. The van der Waals surface area contributed by atoms with Gasteiger partial charge in [-0.05, 0) is 57.2 Å². The van der Waals surface area contributed by atoms with Crippen molar-refractivity contribution in [3.63, 3.8) is 0 Å². The molecule has 2 aromatic carbocycles. The van der Waals surface area contributed by atoms with Gasteiger partial charge in [-0.1, -0.05) is 17.7 Å².